The first-order chi connectivity index (χ1) is 5.68. The summed E-state index contributed by atoms with van der Waals surface area (Å²) < 4.78 is 0. The topological polar surface area (TPSA) is 37.3 Å². The van der Waals surface area contributed by atoms with Crippen LogP contribution in [-0.4, -0.2) is 11.1 Å². The van der Waals surface area contributed by atoms with Gasteiger partial charge < -0.3 is 5.11 Å². The number of hydrogen-bond donors (Lipinski definition) is 1. The van der Waals surface area contributed by atoms with E-state index in [1.54, 1.807) is 0 Å². The van der Waals surface area contributed by atoms with Crippen LogP contribution in [-0.2, 0) is 4.79 Å². The van der Waals surface area contributed by atoms with Gasteiger partial charge in [0.2, 0.25) is 0 Å². The lowest BCUT2D eigenvalue weighted by Crippen LogP contribution is -2.10. The molecule has 12 heavy (non-hydrogen) atoms. The van der Waals surface area contributed by atoms with Gasteiger partial charge in [0.25, 0.3) is 0 Å². The number of carboxylic acid groups (broad SMARTS) is 1. The first-order valence-electron chi connectivity index (χ1n) is 4.43. The third kappa shape index (κ3) is 2.96. The molecule has 0 aromatic rings. The summed E-state index contributed by atoms with van der Waals surface area (Å²) in [7, 11) is 0. The summed E-state index contributed by atoms with van der Waals surface area (Å²) in [6.45, 7) is 2.24. The molecule has 0 unspecified atom stereocenters. The van der Waals surface area contributed by atoms with E-state index in [4.69, 9.17) is 5.11 Å². The van der Waals surface area contributed by atoms with E-state index in [-0.39, 0.29) is 0 Å². The summed E-state index contributed by atoms with van der Waals surface area (Å²) in [6, 6.07) is 0. The third-order valence-corrected chi connectivity index (χ3v) is 2.40. The number of carbonyl (C=O) groups is 1. The highest BCUT2D eigenvalue weighted by molar-refractivity contribution is 5.86. The zero-order chi connectivity index (χ0) is 8.97. The molecule has 1 saturated carbocycles. The van der Waals surface area contributed by atoms with E-state index in [1.807, 2.05) is 0 Å². The second-order valence-electron chi connectivity index (χ2n) is 3.53. The van der Waals surface area contributed by atoms with E-state index in [0.717, 1.165) is 18.8 Å². The van der Waals surface area contributed by atoms with Crippen LogP contribution >= 0.6 is 0 Å². The van der Waals surface area contributed by atoms with Crippen LogP contribution in [0, 0.1) is 23.7 Å². The average Bonchev–Trinajstić information content (AvgIpc) is 2.03. The fourth-order valence-corrected chi connectivity index (χ4v) is 1.57. The maximum Gasteiger partial charge on any atom is 0.381 e. The van der Waals surface area contributed by atoms with Gasteiger partial charge in [-0.25, -0.2) is 4.79 Å². The quantitative estimate of drug-likeness (QED) is 0.558. The van der Waals surface area contributed by atoms with Crippen molar-refractivity contribution in [3.63, 3.8) is 0 Å². The Kier molecular flexibility index (Phi) is 3.16. The van der Waals surface area contributed by atoms with Gasteiger partial charge in [-0.2, -0.15) is 0 Å². The lowest BCUT2D eigenvalue weighted by atomic mass is 9.83. The predicted octanol–water partition coefficient (Wildman–Crippen LogP) is 1.90. The minimum atomic E-state index is -1.01. The normalized spacial score (nSPS) is 28.8. The molecular weight excluding hydrogens is 152 g/mol. The molecule has 0 heterocycles. The van der Waals surface area contributed by atoms with Crippen LogP contribution < -0.4 is 0 Å². The number of carboxylic acids is 1. The minimum Gasteiger partial charge on any atom is -0.472 e. The van der Waals surface area contributed by atoms with Gasteiger partial charge in [0.1, 0.15) is 0 Å². The van der Waals surface area contributed by atoms with Gasteiger partial charge in [0, 0.05) is 11.8 Å². The van der Waals surface area contributed by atoms with Gasteiger partial charge in [-0.05, 0) is 31.6 Å². The third-order valence-electron chi connectivity index (χ3n) is 2.40. The largest absolute Gasteiger partial charge is 0.472 e. The predicted molar refractivity (Wildman–Crippen MR) is 46.5 cm³/mol. The summed E-state index contributed by atoms with van der Waals surface area (Å²) in [6.07, 6.45) is 4.53. The van der Waals surface area contributed by atoms with E-state index in [9.17, 15) is 4.79 Å². The number of aliphatic carboxylic acids is 1. The molecule has 0 saturated heterocycles. The maximum atomic E-state index is 10.1. The van der Waals surface area contributed by atoms with Crippen LogP contribution in [0.5, 0.6) is 0 Å². The highest BCUT2D eigenvalue weighted by atomic mass is 16.4. The van der Waals surface area contributed by atoms with E-state index in [0.29, 0.717) is 5.92 Å². The Labute approximate surface area is 73.0 Å². The summed E-state index contributed by atoms with van der Waals surface area (Å²) in [5.41, 5.74) is 0. The Morgan fingerprint density at radius 1 is 1.33 bits per heavy atom. The molecular formula is C10H14O2. The van der Waals surface area contributed by atoms with Gasteiger partial charge in [0.15, 0.2) is 0 Å². The van der Waals surface area contributed by atoms with Crippen molar-refractivity contribution >= 4 is 5.97 Å². The maximum absolute atomic E-state index is 10.1. The second kappa shape index (κ2) is 4.15. The van der Waals surface area contributed by atoms with Crippen LogP contribution in [0.15, 0.2) is 0 Å². The first kappa shape index (κ1) is 9.12. The fraction of sp³-hybridized carbons (Fsp3) is 0.700. The Bertz CT molecular complexity index is 214. The molecule has 0 aromatic heterocycles. The van der Waals surface area contributed by atoms with Crippen LogP contribution in [0.3, 0.4) is 0 Å². The standard InChI is InChI=1S/C10H14O2/c1-8-2-4-9(5-3-8)6-7-10(11)12/h8-9H,2-5H2,1H3,(H,11,12). The highest BCUT2D eigenvalue weighted by Gasteiger charge is 2.15. The van der Waals surface area contributed by atoms with Gasteiger partial charge >= 0.3 is 5.97 Å². The lowest BCUT2D eigenvalue weighted by molar-refractivity contribution is -0.130. The fourth-order valence-electron chi connectivity index (χ4n) is 1.57. The van der Waals surface area contributed by atoms with Crippen molar-refractivity contribution in [3.8, 4) is 11.8 Å². The molecule has 0 spiro atoms. The molecule has 0 atom stereocenters. The molecule has 0 bridgehead atoms. The van der Waals surface area contributed by atoms with E-state index in [2.05, 4.69) is 18.8 Å². The van der Waals surface area contributed by atoms with Crippen LogP contribution in [0.25, 0.3) is 0 Å². The zero-order valence-electron chi connectivity index (χ0n) is 7.34. The monoisotopic (exact) mass is 166 g/mol. The Morgan fingerprint density at radius 2 is 1.92 bits per heavy atom. The number of rotatable bonds is 0. The molecule has 0 aliphatic heterocycles. The van der Waals surface area contributed by atoms with Crippen molar-refractivity contribution < 1.29 is 9.90 Å². The molecule has 2 heteroatoms. The SMILES string of the molecule is CC1CCC(C#CC(=O)O)CC1. The van der Waals surface area contributed by atoms with Crippen LogP contribution in [0.4, 0.5) is 0 Å². The molecule has 0 aromatic carbocycles. The zero-order valence-corrected chi connectivity index (χ0v) is 7.34. The van der Waals surface area contributed by atoms with Gasteiger partial charge in [-0.1, -0.05) is 12.8 Å². The molecule has 0 amide bonds. The van der Waals surface area contributed by atoms with Crippen LogP contribution in [0.1, 0.15) is 32.6 Å². The van der Waals surface area contributed by atoms with Gasteiger partial charge in [-0.3, -0.25) is 0 Å². The summed E-state index contributed by atoms with van der Waals surface area (Å²) in [5.74, 6) is 5.11. The molecule has 2 nitrogen and oxygen atoms in total. The Morgan fingerprint density at radius 3 is 2.42 bits per heavy atom. The van der Waals surface area contributed by atoms with Gasteiger partial charge in [-0.15, -0.1) is 0 Å². The Balaban J connectivity index is 2.37. The smallest absolute Gasteiger partial charge is 0.381 e. The van der Waals surface area contributed by atoms with Crippen molar-refractivity contribution in [2.45, 2.75) is 32.6 Å². The molecule has 66 valence electrons. The van der Waals surface area contributed by atoms with Crippen molar-refractivity contribution in [2.75, 3.05) is 0 Å². The first-order valence-corrected chi connectivity index (χ1v) is 4.43. The molecule has 1 aliphatic carbocycles. The molecule has 1 rings (SSSR count). The van der Waals surface area contributed by atoms with Crippen molar-refractivity contribution in [1.29, 1.82) is 0 Å². The van der Waals surface area contributed by atoms with Crippen molar-refractivity contribution in [2.24, 2.45) is 11.8 Å². The average molecular weight is 166 g/mol. The summed E-state index contributed by atoms with van der Waals surface area (Å²) in [4.78, 5) is 10.1. The number of hydrogen-bond acceptors (Lipinski definition) is 1. The van der Waals surface area contributed by atoms with Crippen LogP contribution in [0.2, 0.25) is 0 Å². The van der Waals surface area contributed by atoms with Crippen molar-refractivity contribution in [3.05, 3.63) is 0 Å². The molecule has 0 radical (unpaired) electrons. The van der Waals surface area contributed by atoms with E-state index < -0.39 is 5.97 Å². The summed E-state index contributed by atoms with van der Waals surface area (Å²) in [5, 5.41) is 8.32. The van der Waals surface area contributed by atoms with Gasteiger partial charge in [0.05, 0.1) is 0 Å². The lowest BCUT2D eigenvalue weighted by Gasteiger charge is -2.21. The van der Waals surface area contributed by atoms with Crippen molar-refractivity contribution in [1.82, 2.24) is 0 Å². The summed E-state index contributed by atoms with van der Waals surface area (Å²) >= 11 is 0. The van der Waals surface area contributed by atoms with E-state index in [1.165, 1.54) is 12.8 Å². The molecule has 1 aliphatic rings. The Hall–Kier alpha value is -0.970. The highest BCUT2D eigenvalue weighted by Crippen LogP contribution is 2.27. The van der Waals surface area contributed by atoms with E-state index >= 15 is 0 Å². The minimum absolute atomic E-state index is 0.331. The second-order valence-corrected chi connectivity index (χ2v) is 3.53. The molecule has 1 fully saturated rings. The molecule has 1 N–H and O–H groups in total.